The molecule has 1 aliphatic rings. The van der Waals surface area contributed by atoms with E-state index in [1.807, 2.05) is 43.3 Å². The minimum atomic E-state index is -0.00628. The molecule has 0 bridgehead atoms. The van der Waals surface area contributed by atoms with Crippen LogP contribution in [0.5, 0.6) is 0 Å². The van der Waals surface area contributed by atoms with Crippen molar-refractivity contribution in [1.82, 2.24) is 10.3 Å². The molecule has 1 saturated carbocycles. The molecule has 1 heterocycles. The van der Waals surface area contributed by atoms with Gasteiger partial charge in [-0.25, -0.2) is 4.98 Å². The van der Waals surface area contributed by atoms with Crippen LogP contribution < -0.4 is 5.32 Å². The van der Waals surface area contributed by atoms with Crippen LogP contribution in [-0.4, -0.2) is 17.4 Å². The predicted octanol–water partition coefficient (Wildman–Crippen LogP) is 4.43. The number of nitrogens with zero attached hydrogens (tertiary/aromatic N) is 1. The number of carbonyl (C=O) groups is 1. The maximum atomic E-state index is 12.5. The summed E-state index contributed by atoms with van der Waals surface area (Å²) in [7, 11) is 0. The van der Waals surface area contributed by atoms with E-state index in [1.165, 1.54) is 12.0 Å². The molecule has 0 unspecified atom stereocenters. The standard InChI is InChI=1S/C23H24N2O2/c1-17-20(25-22(27-17)18-9-4-2-5-10-18)15-21(26)24-16-23(13-8-14-23)19-11-6-3-7-12-19/h2-7,9-12H,8,13-16H2,1H3,(H,24,26). The summed E-state index contributed by atoms with van der Waals surface area (Å²) in [5.74, 6) is 1.26. The van der Waals surface area contributed by atoms with E-state index in [2.05, 4.69) is 34.6 Å². The Labute approximate surface area is 159 Å². The zero-order chi connectivity index (χ0) is 18.7. The van der Waals surface area contributed by atoms with Crippen LogP contribution in [0.25, 0.3) is 11.5 Å². The molecule has 0 radical (unpaired) electrons. The van der Waals surface area contributed by atoms with E-state index in [4.69, 9.17) is 4.42 Å². The van der Waals surface area contributed by atoms with Crippen molar-refractivity contribution in [3.05, 3.63) is 77.7 Å². The van der Waals surface area contributed by atoms with Crippen LogP contribution in [0.4, 0.5) is 0 Å². The average Bonchev–Trinajstić information content (AvgIpc) is 3.03. The quantitative estimate of drug-likeness (QED) is 0.707. The van der Waals surface area contributed by atoms with Crippen LogP contribution in [0.1, 0.15) is 36.3 Å². The summed E-state index contributed by atoms with van der Waals surface area (Å²) in [5, 5.41) is 3.13. The predicted molar refractivity (Wildman–Crippen MR) is 105 cm³/mol. The van der Waals surface area contributed by atoms with Gasteiger partial charge in [0.2, 0.25) is 11.8 Å². The second-order valence-corrected chi connectivity index (χ2v) is 7.34. The van der Waals surface area contributed by atoms with Gasteiger partial charge in [-0.2, -0.15) is 0 Å². The van der Waals surface area contributed by atoms with Crippen LogP contribution in [0.15, 0.2) is 65.1 Å². The number of amides is 1. The minimum absolute atomic E-state index is 0.00628. The summed E-state index contributed by atoms with van der Waals surface area (Å²) in [5.41, 5.74) is 3.03. The normalized spacial score (nSPS) is 15.1. The third-order valence-corrected chi connectivity index (χ3v) is 5.56. The van der Waals surface area contributed by atoms with E-state index in [-0.39, 0.29) is 17.7 Å². The Morgan fingerprint density at radius 2 is 1.74 bits per heavy atom. The van der Waals surface area contributed by atoms with Crippen molar-refractivity contribution in [2.75, 3.05) is 6.54 Å². The van der Waals surface area contributed by atoms with E-state index in [0.29, 0.717) is 23.9 Å². The first-order chi connectivity index (χ1) is 13.2. The summed E-state index contributed by atoms with van der Waals surface area (Å²) >= 11 is 0. The van der Waals surface area contributed by atoms with E-state index in [1.54, 1.807) is 0 Å². The molecule has 0 aliphatic heterocycles. The Morgan fingerprint density at radius 1 is 1.07 bits per heavy atom. The molecule has 4 nitrogen and oxygen atoms in total. The van der Waals surface area contributed by atoms with Crippen molar-refractivity contribution in [3.8, 4) is 11.5 Å². The number of hydrogen-bond donors (Lipinski definition) is 1. The fourth-order valence-corrected chi connectivity index (χ4v) is 3.74. The third-order valence-electron chi connectivity index (χ3n) is 5.56. The molecule has 0 spiro atoms. The van der Waals surface area contributed by atoms with Crippen molar-refractivity contribution < 1.29 is 9.21 Å². The molecule has 1 N–H and O–H groups in total. The van der Waals surface area contributed by atoms with E-state index >= 15 is 0 Å². The van der Waals surface area contributed by atoms with Gasteiger partial charge in [0, 0.05) is 17.5 Å². The van der Waals surface area contributed by atoms with Crippen molar-refractivity contribution in [2.24, 2.45) is 0 Å². The van der Waals surface area contributed by atoms with Gasteiger partial charge in [0.15, 0.2) is 0 Å². The number of aryl methyl sites for hydroxylation is 1. The summed E-state index contributed by atoms with van der Waals surface area (Å²) in [6, 6.07) is 20.3. The first-order valence-electron chi connectivity index (χ1n) is 9.50. The minimum Gasteiger partial charge on any atom is -0.441 e. The molecule has 2 aromatic carbocycles. The van der Waals surface area contributed by atoms with Crippen molar-refractivity contribution in [1.29, 1.82) is 0 Å². The summed E-state index contributed by atoms with van der Waals surface area (Å²) < 4.78 is 5.76. The number of hydrogen-bond acceptors (Lipinski definition) is 3. The fraction of sp³-hybridized carbons (Fsp3) is 0.304. The maximum Gasteiger partial charge on any atom is 0.226 e. The van der Waals surface area contributed by atoms with E-state index < -0.39 is 0 Å². The Bertz CT molecular complexity index is 912. The zero-order valence-electron chi connectivity index (χ0n) is 15.6. The summed E-state index contributed by atoms with van der Waals surface area (Å²) in [6.45, 7) is 2.54. The Balaban J connectivity index is 1.41. The topological polar surface area (TPSA) is 55.1 Å². The van der Waals surface area contributed by atoms with E-state index in [0.717, 1.165) is 18.4 Å². The smallest absolute Gasteiger partial charge is 0.226 e. The first-order valence-corrected chi connectivity index (χ1v) is 9.50. The molecular weight excluding hydrogens is 336 g/mol. The highest BCUT2D eigenvalue weighted by Gasteiger charge is 2.38. The van der Waals surface area contributed by atoms with Gasteiger partial charge < -0.3 is 9.73 Å². The molecule has 138 valence electrons. The highest BCUT2D eigenvalue weighted by atomic mass is 16.4. The Kier molecular flexibility index (Phi) is 4.80. The highest BCUT2D eigenvalue weighted by Crippen LogP contribution is 2.43. The van der Waals surface area contributed by atoms with Crippen molar-refractivity contribution in [2.45, 2.75) is 38.0 Å². The maximum absolute atomic E-state index is 12.5. The molecule has 0 atom stereocenters. The lowest BCUT2D eigenvalue weighted by Gasteiger charge is -2.42. The lowest BCUT2D eigenvalue weighted by molar-refractivity contribution is -0.121. The number of rotatable bonds is 6. The molecule has 0 saturated heterocycles. The highest BCUT2D eigenvalue weighted by molar-refractivity contribution is 5.78. The molecular formula is C23H24N2O2. The third kappa shape index (κ3) is 3.65. The van der Waals surface area contributed by atoms with Crippen LogP contribution in [-0.2, 0) is 16.6 Å². The van der Waals surface area contributed by atoms with Gasteiger partial charge in [-0.1, -0.05) is 55.0 Å². The molecule has 1 aliphatic carbocycles. The van der Waals surface area contributed by atoms with Gasteiger partial charge in [-0.3, -0.25) is 4.79 Å². The molecule has 1 fully saturated rings. The fourth-order valence-electron chi connectivity index (χ4n) is 3.74. The average molecular weight is 360 g/mol. The van der Waals surface area contributed by atoms with Gasteiger partial charge >= 0.3 is 0 Å². The van der Waals surface area contributed by atoms with Gasteiger partial charge in [0.05, 0.1) is 12.1 Å². The Morgan fingerprint density at radius 3 is 2.37 bits per heavy atom. The molecule has 1 aromatic heterocycles. The molecule has 4 rings (SSSR count). The summed E-state index contributed by atoms with van der Waals surface area (Å²) in [4.78, 5) is 17.1. The molecule has 27 heavy (non-hydrogen) atoms. The second kappa shape index (κ2) is 7.39. The van der Waals surface area contributed by atoms with Crippen molar-refractivity contribution in [3.63, 3.8) is 0 Å². The Hall–Kier alpha value is -2.88. The molecule has 3 aromatic rings. The van der Waals surface area contributed by atoms with Crippen LogP contribution in [0, 0.1) is 6.92 Å². The second-order valence-electron chi connectivity index (χ2n) is 7.34. The van der Waals surface area contributed by atoms with Gasteiger partial charge in [-0.15, -0.1) is 0 Å². The van der Waals surface area contributed by atoms with Crippen molar-refractivity contribution >= 4 is 5.91 Å². The lowest BCUT2D eigenvalue weighted by atomic mass is 9.64. The molecule has 4 heteroatoms. The SMILES string of the molecule is Cc1oc(-c2ccccc2)nc1CC(=O)NCC1(c2ccccc2)CCC1. The van der Waals surface area contributed by atoms with Crippen LogP contribution in [0.2, 0.25) is 0 Å². The summed E-state index contributed by atoms with van der Waals surface area (Å²) in [6.07, 6.45) is 3.71. The molecule has 1 amide bonds. The number of nitrogens with one attached hydrogen (secondary N) is 1. The monoisotopic (exact) mass is 360 g/mol. The van der Waals surface area contributed by atoms with Crippen LogP contribution >= 0.6 is 0 Å². The number of carbonyl (C=O) groups excluding carboxylic acids is 1. The number of oxazole rings is 1. The lowest BCUT2D eigenvalue weighted by Crippen LogP contribution is -2.45. The first kappa shape index (κ1) is 17.5. The largest absolute Gasteiger partial charge is 0.441 e. The van der Waals surface area contributed by atoms with Crippen LogP contribution in [0.3, 0.4) is 0 Å². The van der Waals surface area contributed by atoms with Gasteiger partial charge in [-0.05, 0) is 37.5 Å². The van der Waals surface area contributed by atoms with Gasteiger partial charge in [0.1, 0.15) is 5.76 Å². The van der Waals surface area contributed by atoms with E-state index in [9.17, 15) is 4.79 Å². The van der Waals surface area contributed by atoms with Gasteiger partial charge in [0.25, 0.3) is 0 Å². The number of benzene rings is 2. The number of aromatic nitrogens is 1. The zero-order valence-corrected chi connectivity index (χ0v) is 15.6.